The van der Waals surface area contributed by atoms with Gasteiger partial charge in [0.25, 0.3) is 6.29 Å². The normalized spacial score (nSPS) is 17.6. The summed E-state index contributed by atoms with van der Waals surface area (Å²) in [6.07, 6.45) is 4.11. The van der Waals surface area contributed by atoms with E-state index in [0.717, 1.165) is 11.3 Å². The zero-order valence-corrected chi connectivity index (χ0v) is 10.8. The van der Waals surface area contributed by atoms with Crippen molar-refractivity contribution in [3.8, 4) is 17.0 Å². The molecule has 2 aromatic rings. The molecule has 100 valence electrons. The Morgan fingerprint density at radius 3 is 2.80 bits per heavy atom. The van der Waals surface area contributed by atoms with Crippen LogP contribution in [0, 0.1) is 0 Å². The highest BCUT2D eigenvalue weighted by atomic mass is 16.7. The van der Waals surface area contributed by atoms with Gasteiger partial charge in [-0.05, 0) is 25.1 Å². The van der Waals surface area contributed by atoms with Crippen LogP contribution in [-0.2, 0) is 9.53 Å². The second-order valence-electron chi connectivity index (χ2n) is 4.33. The summed E-state index contributed by atoms with van der Waals surface area (Å²) in [6, 6.07) is 9.25. The average molecular weight is 268 g/mol. The summed E-state index contributed by atoms with van der Waals surface area (Å²) in [5, 5.41) is 0. The molecule has 0 saturated heterocycles. The summed E-state index contributed by atoms with van der Waals surface area (Å²) in [5.74, 6) is 0.254. The maximum atomic E-state index is 11.3. The third-order valence-electron chi connectivity index (χ3n) is 2.92. The summed E-state index contributed by atoms with van der Waals surface area (Å²) in [6.45, 7) is 1.70. The molecule has 1 aliphatic rings. The molecule has 2 heterocycles. The van der Waals surface area contributed by atoms with Crippen molar-refractivity contribution in [1.29, 1.82) is 0 Å². The maximum Gasteiger partial charge on any atom is 0.336 e. The number of aromatic nitrogens is 2. The van der Waals surface area contributed by atoms with E-state index in [2.05, 4.69) is 9.97 Å². The Bertz CT molecular complexity index is 668. The lowest BCUT2D eigenvalue weighted by Crippen LogP contribution is -2.16. The van der Waals surface area contributed by atoms with Crippen molar-refractivity contribution >= 4 is 5.97 Å². The highest BCUT2D eigenvalue weighted by Crippen LogP contribution is 2.30. The van der Waals surface area contributed by atoms with Gasteiger partial charge in [-0.15, -0.1) is 0 Å². The SMILES string of the molecule is CC1=CC(Oc2ccccc2-c2ccncn2)OC1=O. The fraction of sp³-hybridized carbons (Fsp3) is 0.133. The Morgan fingerprint density at radius 2 is 2.10 bits per heavy atom. The lowest BCUT2D eigenvalue weighted by molar-refractivity contribution is -0.148. The zero-order valence-electron chi connectivity index (χ0n) is 10.8. The predicted octanol–water partition coefficient (Wildman–Crippen LogP) is 2.35. The van der Waals surface area contributed by atoms with E-state index in [4.69, 9.17) is 9.47 Å². The number of carbonyl (C=O) groups is 1. The van der Waals surface area contributed by atoms with Crippen LogP contribution < -0.4 is 4.74 Å². The van der Waals surface area contributed by atoms with Crippen molar-refractivity contribution in [2.24, 2.45) is 0 Å². The predicted molar refractivity (Wildman–Crippen MR) is 71.7 cm³/mol. The van der Waals surface area contributed by atoms with E-state index in [0.29, 0.717) is 11.3 Å². The lowest BCUT2D eigenvalue weighted by atomic mass is 10.1. The average Bonchev–Trinajstić information content (AvgIpc) is 2.79. The van der Waals surface area contributed by atoms with Crippen molar-refractivity contribution in [2.75, 3.05) is 0 Å². The van der Waals surface area contributed by atoms with Gasteiger partial charge in [0, 0.05) is 23.4 Å². The fourth-order valence-electron chi connectivity index (χ4n) is 1.92. The van der Waals surface area contributed by atoms with Crippen molar-refractivity contribution in [3.05, 3.63) is 54.5 Å². The second-order valence-corrected chi connectivity index (χ2v) is 4.33. The highest BCUT2D eigenvalue weighted by molar-refractivity contribution is 5.90. The van der Waals surface area contributed by atoms with Gasteiger partial charge >= 0.3 is 5.97 Å². The van der Waals surface area contributed by atoms with Crippen molar-refractivity contribution in [3.63, 3.8) is 0 Å². The van der Waals surface area contributed by atoms with Crippen LogP contribution in [0.1, 0.15) is 6.92 Å². The molecular formula is C15H12N2O3. The standard InChI is InChI=1S/C15H12N2O3/c1-10-8-14(20-15(10)18)19-13-5-3-2-4-11(13)12-6-7-16-9-17-12/h2-9,14H,1H3. The molecule has 0 radical (unpaired) electrons. The van der Waals surface area contributed by atoms with Gasteiger partial charge in [-0.25, -0.2) is 14.8 Å². The van der Waals surface area contributed by atoms with Gasteiger partial charge < -0.3 is 9.47 Å². The molecule has 0 fully saturated rings. The number of para-hydroxylation sites is 1. The molecule has 1 aromatic carbocycles. The Hall–Kier alpha value is -2.69. The largest absolute Gasteiger partial charge is 0.450 e. The number of carbonyl (C=O) groups excluding carboxylic acids is 1. The number of hydrogen-bond donors (Lipinski definition) is 0. The minimum absolute atomic E-state index is 0.352. The third-order valence-corrected chi connectivity index (χ3v) is 2.92. The summed E-state index contributed by atoms with van der Waals surface area (Å²) >= 11 is 0. The van der Waals surface area contributed by atoms with Gasteiger partial charge in [-0.2, -0.15) is 0 Å². The zero-order chi connectivity index (χ0) is 13.9. The first-order valence-electron chi connectivity index (χ1n) is 6.15. The van der Waals surface area contributed by atoms with E-state index in [9.17, 15) is 4.79 Å². The molecular weight excluding hydrogens is 256 g/mol. The smallest absolute Gasteiger partial charge is 0.336 e. The third kappa shape index (κ3) is 2.38. The quantitative estimate of drug-likeness (QED) is 0.800. The van der Waals surface area contributed by atoms with Crippen LogP contribution in [0.4, 0.5) is 0 Å². The first-order valence-corrected chi connectivity index (χ1v) is 6.15. The van der Waals surface area contributed by atoms with Crippen LogP contribution in [0.15, 0.2) is 54.5 Å². The van der Waals surface area contributed by atoms with E-state index >= 15 is 0 Å². The molecule has 1 aromatic heterocycles. The Morgan fingerprint density at radius 1 is 1.25 bits per heavy atom. The molecule has 0 amide bonds. The van der Waals surface area contributed by atoms with E-state index < -0.39 is 6.29 Å². The number of hydrogen-bond acceptors (Lipinski definition) is 5. The van der Waals surface area contributed by atoms with Crippen molar-refractivity contribution in [2.45, 2.75) is 13.2 Å². The number of nitrogens with zero attached hydrogens (tertiary/aromatic N) is 2. The van der Waals surface area contributed by atoms with Gasteiger partial charge in [0.15, 0.2) is 0 Å². The van der Waals surface area contributed by atoms with Crippen molar-refractivity contribution in [1.82, 2.24) is 9.97 Å². The van der Waals surface area contributed by atoms with E-state index in [1.807, 2.05) is 24.3 Å². The van der Waals surface area contributed by atoms with Gasteiger partial charge in [0.1, 0.15) is 12.1 Å². The molecule has 1 unspecified atom stereocenters. The summed E-state index contributed by atoms with van der Waals surface area (Å²) in [4.78, 5) is 19.4. The van der Waals surface area contributed by atoms with Crippen LogP contribution in [-0.4, -0.2) is 22.2 Å². The molecule has 1 aliphatic heterocycles. The van der Waals surface area contributed by atoms with Gasteiger partial charge in [0.05, 0.1) is 5.69 Å². The molecule has 5 nitrogen and oxygen atoms in total. The van der Waals surface area contributed by atoms with Gasteiger partial charge in [-0.1, -0.05) is 12.1 Å². The van der Waals surface area contributed by atoms with Crippen LogP contribution in [0.2, 0.25) is 0 Å². The lowest BCUT2D eigenvalue weighted by Gasteiger charge is -2.14. The number of cyclic esters (lactones) is 1. The molecule has 0 spiro atoms. The van der Waals surface area contributed by atoms with Crippen LogP contribution in [0.3, 0.4) is 0 Å². The van der Waals surface area contributed by atoms with Crippen LogP contribution >= 0.6 is 0 Å². The molecule has 0 N–H and O–H groups in total. The minimum Gasteiger partial charge on any atom is -0.450 e. The van der Waals surface area contributed by atoms with E-state index in [1.54, 1.807) is 25.3 Å². The highest BCUT2D eigenvalue weighted by Gasteiger charge is 2.24. The second kappa shape index (κ2) is 5.13. The van der Waals surface area contributed by atoms with Gasteiger partial charge in [-0.3, -0.25) is 0 Å². The van der Waals surface area contributed by atoms with E-state index in [-0.39, 0.29) is 5.97 Å². The van der Waals surface area contributed by atoms with E-state index in [1.165, 1.54) is 6.33 Å². The molecule has 0 aliphatic carbocycles. The molecule has 20 heavy (non-hydrogen) atoms. The fourth-order valence-corrected chi connectivity index (χ4v) is 1.92. The number of rotatable bonds is 3. The van der Waals surface area contributed by atoms with Crippen LogP contribution in [0.25, 0.3) is 11.3 Å². The number of ether oxygens (including phenoxy) is 2. The molecule has 0 bridgehead atoms. The van der Waals surface area contributed by atoms with Crippen molar-refractivity contribution < 1.29 is 14.3 Å². The number of benzene rings is 1. The monoisotopic (exact) mass is 268 g/mol. The molecule has 1 atom stereocenters. The topological polar surface area (TPSA) is 61.3 Å². The summed E-state index contributed by atoms with van der Waals surface area (Å²) < 4.78 is 10.8. The minimum atomic E-state index is -0.689. The number of esters is 1. The first kappa shape index (κ1) is 12.3. The summed E-state index contributed by atoms with van der Waals surface area (Å²) in [5.41, 5.74) is 2.12. The molecule has 5 heteroatoms. The van der Waals surface area contributed by atoms with Gasteiger partial charge in [0.2, 0.25) is 0 Å². The summed E-state index contributed by atoms with van der Waals surface area (Å²) in [7, 11) is 0. The Labute approximate surface area is 115 Å². The molecule has 0 saturated carbocycles. The Kier molecular flexibility index (Phi) is 3.16. The maximum absolute atomic E-state index is 11.3. The Balaban J connectivity index is 1.90. The first-order chi connectivity index (χ1) is 9.74. The molecule has 3 rings (SSSR count). The van der Waals surface area contributed by atoms with Crippen LogP contribution in [0.5, 0.6) is 5.75 Å².